The molecule has 0 aliphatic heterocycles. The standard InChI is InChI=1S/C15H15F2NO3S/c1-15(19,11-6-8-12(16)9-7-11)10-18-22(20,21)14-5-3-2-4-13(14)17/h2-9,18-19H,10H2,1H3. The number of aliphatic hydroxyl groups is 1. The van der Waals surface area contributed by atoms with E-state index in [1.54, 1.807) is 0 Å². The second-order valence-electron chi connectivity index (χ2n) is 5.04. The van der Waals surface area contributed by atoms with Crippen LogP contribution in [0.15, 0.2) is 53.4 Å². The Bertz CT molecular complexity index is 759. The van der Waals surface area contributed by atoms with Crippen molar-refractivity contribution < 1.29 is 22.3 Å². The molecule has 0 fully saturated rings. The molecule has 0 saturated carbocycles. The van der Waals surface area contributed by atoms with Gasteiger partial charge < -0.3 is 5.11 Å². The molecule has 7 heteroatoms. The van der Waals surface area contributed by atoms with Crippen LogP contribution in [0.3, 0.4) is 0 Å². The molecular weight excluding hydrogens is 312 g/mol. The highest BCUT2D eigenvalue weighted by atomic mass is 32.2. The number of hydrogen-bond acceptors (Lipinski definition) is 3. The molecular formula is C15H15F2NO3S. The SMILES string of the molecule is CC(O)(CNS(=O)(=O)c1ccccc1F)c1ccc(F)cc1. The first-order chi connectivity index (χ1) is 10.2. The lowest BCUT2D eigenvalue weighted by molar-refractivity contribution is 0.0626. The molecule has 2 rings (SSSR count). The largest absolute Gasteiger partial charge is 0.384 e. The summed E-state index contributed by atoms with van der Waals surface area (Å²) in [5.41, 5.74) is -1.23. The predicted molar refractivity (Wildman–Crippen MR) is 77.6 cm³/mol. The maximum atomic E-state index is 13.5. The average molecular weight is 327 g/mol. The first-order valence-corrected chi connectivity index (χ1v) is 7.93. The van der Waals surface area contributed by atoms with Gasteiger partial charge in [0.05, 0.1) is 0 Å². The van der Waals surface area contributed by atoms with E-state index in [1.807, 2.05) is 0 Å². The van der Waals surface area contributed by atoms with Gasteiger partial charge in [0.1, 0.15) is 22.1 Å². The minimum absolute atomic E-state index is 0.338. The lowest BCUT2D eigenvalue weighted by atomic mass is 9.96. The molecule has 0 aliphatic rings. The van der Waals surface area contributed by atoms with Crippen molar-refractivity contribution in [3.05, 3.63) is 65.7 Å². The van der Waals surface area contributed by atoms with Crippen LogP contribution in [0.4, 0.5) is 8.78 Å². The van der Waals surface area contributed by atoms with Crippen LogP contribution in [0.25, 0.3) is 0 Å². The summed E-state index contributed by atoms with van der Waals surface area (Å²) in [6, 6.07) is 9.97. The van der Waals surface area contributed by atoms with Crippen LogP contribution in [-0.2, 0) is 15.6 Å². The summed E-state index contributed by atoms with van der Waals surface area (Å²) in [6.07, 6.45) is 0. The second-order valence-corrected chi connectivity index (χ2v) is 6.77. The lowest BCUT2D eigenvalue weighted by Gasteiger charge is -2.24. The van der Waals surface area contributed by atoms with Gasteiger partial charge in [-0.1, -0.05) is 24.3 Å². The van der Waals surface area contributed by atoms with Crippen molar-refractivity contribution in [2.24, 2.45) is 0 Å². The fourth-order valence-corrected chi connectivity index (χ4v) is 3.10. The Morgan fingerprint density at radius 2 is 1.68 bits per heavy atom. The average Bonchev–Trinajstić information content (AvgIpc) is 2.46. The van der Waals surface area contributed by atoms with E-state index in [0.717, 1.165) is 24.3 Å². The third-order valence-corrected chi connectivity index (χ3v) is 4.63. The highest BCUT2D eigenvalue weighted by Gasteiger charge is 2.27. The van der Waals surface area contributed by atoms with Gasteiger partial charge in [0, 0.05) is 6.54 Å². The minimum Gasteiger partial charge on any atom is -0.384 e. The molecule has 0 saturated heterocycles. The molecule has 118 valence electrons. The van der Waals surface area contributed by atoms with Crippen molar-refractivity contribution in [1.29, 1.82) is 0 Å². The number of nitrogens with one attached hydrogen (secondary N) is 1. The number of rotatable bonds is 5. The summed E-state index contributed by atoms with van der Waals surface area (Å²) in [5, 5.41) is 10.3. The summed E-state index contributed by atoms with van der Waals surface area (Å²) in [5.74, 6) is -1.34. The van der Waals surface area contributed by atoms with Crippen molar-refractivity contribution in [1.82, 2.24) is 4.72 Å². The van der Waals surface area contributed by atoms with E-state index in [1.165, 1.54) is 31.2 Å². The molecule has 2 aromatic rings. The zero-order chi connectivity index (χ0) is 16.4. The predicted octanol–water partition coefficient (Wildman–Crippen LogP) is 2.15. The summed E-state index contributed by atoms with van der Waals surface area (Å²) < 4.78 is 52.7. The third kappa shape index (κ3) is 3.68. The first-order valence-electron chi connectivity index (χ1n) is 6.45. The number of hydrogen-bond donors (Lipinski definition) is 2. The van der Waals surface area contributed by atoms with Gasteiger partial charge in [0.2, 0.25) is 10.0 Å². The summed E-state index contributed by atoms with van der Waals surface area (Å²) in [6.45, 7) is 0.999. The van der Waals surface area contributed by atoms with Crippen molar-refractivity contribution in [3.8, 4) is 0 Å². The van der Waals surface area contributed by atoms with Crippen LogP contribution in [0.5, 0.6) is 0 Å². The molecule has 2 N–H and O–H groups in total. The van der Waals surface area contributed by atoms with Gasteiger partial charge in [0.15, 0.2) is 0 Å². The van der Waals surface area contributed by atoms with E-state index in [2.05, 4.69) is 4.72 Å². The third-order valence-electron chi connectivity index (χ3n) is 3.20. The molecule has 0 radical (unpaired) electrons. The van der Waals surface area contributed by atoms with E-state index in [-0.39, 0.29) is 6.54 Å². The van der Waals surface area contributed by atoms with Crippen LogP contribution in [-0.4, -0.2) is 20.1 Å². The van der Waals surface area contributed by atoms with Crippen molar-refractivity contribution in [3.63, 3.8) is 0 Å². The first kappa shape index (κ1) is 16.5. The molecule has 0 amide bonds. The number of halogens is 2. The fraction of sp³-hybridized carbons (Fsp3) is 0.200. The molecule has 0 spiro atoms. The van der Waals surface area contributed by atoms with E-state index in [4.69, 9.17) is 0 Å². The van der Waals surface area contributed by atoms with Gasteiger partial charge in [-0.3, -0.25) is 0 Å². The highest BCUT2D eigenvalue weighted by molar-refractivity contribution is 7.89. The molecule has 2 aromatic carbocycles. The minimum atomic E-state index is -4.10. The van der Waals surface area contributed by atoms with Crippen LogP contribution < -0.4 is 4.72 Å². The molecule has 22 heavy (non-hydrogen) atoms. The van der Waals surface area contributed by atoms with E-state index in [0.29, 0.717) is 5.56 Å². The Morgan fingerprint density at radius 3 is 2.27 bits per heavy atom. The maximum absolute atomic E-state index is 13.5. The Kier molecular flexibility index (Phi) is 4.60. The van der Waals surface area contributed by atoms with Crippen LogP contribution >= 0.6 is 0 Å². The smallest absolute Gasteiger partial charge is 0.243 e. The van der Waals surface area contributed by atoms with Crippen LogP contribution in [0.2, 0.25) is 0 Å². The van der Waals surface area contributed by atoms with E-state index in [9.17, 15) is 22.3 Å². The molecule has 0 aromatic heterocycles. The van der Waals surface area contributed by atoms with Gasteiger partial charge in [-0.25, -0.2) is 21.9 Å². The molecule has 1 unspecified atom stereocenters. The van der Waals surface area contributed by atoms with Gasteiger partial charge >= 0.3 is 0 Å². The topological polar surface area (TPSA) is 66.4 Å². The van der Waals surface area contributed by atoms with Crippen LogP contribution in [0.1, 0.15) is 12.5 Å². The zero-order valence-electron chi connectivity index (χ0n) is 11.8. The Hall–Kier alpha value is -1.83. The second kappa shape index (κ2) is 6.12. The molecule has 4 nitrogen and oxygen atoms in total. The van der Waals surface area contributed by atoms with E-state index < -0.39 is 32.2 Å². The quantitative estimate of drug-likeness (QED) is 0.884. The normalized spacial score (nSPS) is 14.5. The molecule has 1 atom stereocenters. The van der Waals surface area contributed by atoms with Gasteiger partial charge in [-0.05, 0) is 36.8 Å². The summed E-state index contributed by atoms with van der Waals surface area (Å²) in [4.78, 5) is -0.495. The van der Waals surface area contributed by atoms with Gasteiger partial charge in [-0.2, -0.15) is 0 Å². The lowest BCUT2D eigenvalue weighted by Crippen LogP contribution is -2.38. The van der Waals surface area contributed by atoms with Gasteiger partial charge in [0.25, 0.3) is 0 Å². The summed E-state index contributed by atoms with van der Waals surface area (Å²) >= 11 is 0. The van der Waals surface area contributed by atoms with E-state index >= 15 is 0 Å². The molecule has 0 bridgehead atoms. The Morgan fingerprint density at radius 1 is 1.09 bits per heavy atom. The molecule has 0 heterocycles. The Balaban J connectivity index is 2.18. The highest BCUT2D eigenvalue weighted by Crippen LogP contribution is 2.21. The molecule has 0 aliphatic carbocycles. The van der Waals surface area contributed by atoms with Crippen LogP contribution in [0, 0.1) is 11.6 Å². The van der Waals surface area contributed by atoms with Gasteiger partial charge in [-0.15, -0.1) is 0 Å². The van der Waals surface area contributed by atoms with Crippen molar-refractivity contribution in [2.45, 2.75) is 17.4 Å². The monoisotopic (exact) mass is 327 g/mol. The summed E-state index contributed by atoms with van der Waals surface area (Å²) in [7, 11) is -4.10. The van der Waals surface area contributed by atoms with Crippen molar-refractivity contribution in [2.75, 3.05) is 6.54 Å². The maximum Gasteiger partial charge on any atom is 0.243 e. The zero-order valence-corrected chi connectivity index (χ0v) is 12.6. The number of sulfonamides is 1. The number of benzene rings is 2. The Labute approximate surface area is 127 Å². The fourth-order valence-electron chi connectivity index (χ4n) is 1.89. The van der Waals surface area contributed by atoms with Crippen molar-refractivity contribution >= 4 is 10.0 Å².